The van der Waals surface area contributed by atoms with Gasteiger partial charge in [0.15, 0.2) is 0 Å². The van der Waals surface area contributed by atoms with E-state index in [1.54, 1.807) is 19.1 Å². The number of rotatable bonds is 6. The molecule has 2 rings (SSSR count). The average Bonchev–Trinajstić information content (AvgIpc) is 2.61. The Morgan fingerprint density at radius 2 is 1.75 bits per heavy atom. The number of ether oxygens (including phenoxy) is 1. The Bertz CT molecular complexity index is 690. The van der Waals surface area contributed by atoms with Gasteiger partial charge in [0.1, 0.15) is 11.4 Å². The van der Waals surface area contributed by atoms with Crippen molar-refractivity contribution in [2.24, 2.45) is 0 Å². The van der Waals surface area contributed by atoms with Gasteiger partial charge in [0.05, 0.1) is 5.92 Å². The van der Waals surface area contributed by atoms with Crippen molar-refractivity contribution < 1.29 is 13.9 Å². The molecule has 0 aliphatic rings. The second-order valence-corrected chi connectivity index (χ2v) is 6.41. The Kier molecular flexibility index (Phi) is 5.76. The van der Waals surface area contributed by atoms with Crippen molar-refractivity contribution in [3.63, 3.8) is 0 Å². The second kappa shape index (κ2) is 7.61. The zero-order chi connectivity index (χ0) is 17.7. The fourth-order valence-electron chi connectivity index (χ4n) is 2.51. The first-order valence-electron chi connectivity index (χ1n) is 8.48. The molecule has 0 amide bonds. The van der Waals surface area contributed by atoms with Crippen molar-refractivity contribution in [3.05, 3.63) is 59.9 Å². The smallest absolute Gasteiger partial charge is 0.313 e. The van der Waals surface area contributed by atoms with Crippen molar-refractivity contribution in [1.29, 1.82) is 0 Å². The summed E-state index contributed by atoms with van der Waals surface area (Å²) in [5.74, 6) is -1.14. The van der Waals surface area contributed by atoms with Crippen LogP contribution in [0.3, 0.4) is 0 Å². The molecule has 3 heteroatoms. The first-order chi connectivity index (χ1) is 11.4. The molecule has 0 heterocycles. The molecule has 128 valence electrons. The third kappa shape index (κ3) is 4.02. The van der Waals surface area contributed by atoms with E-state index >= 15 is 0 Å². The maximum Gasteiger partial charge on any atom is 0.313 e. The van der Waals surface area contributed by atoms with Crippen LogP contribution in [0.15, 0.2) is 48.5 Å². The molecule has 0 aromatic heterocycles. The molecular formula is C21H25FO2. The van der Waals surface area contributed by atoms with Gasteiger partial charge >= 0.3 is 5.97 Å². The number of carbonyl (C=O) groups excluding carboxylic acids is 1. The van der Waals surface area contributed by atoms with Gasteiger partial charge in [0, 0.05) is 5.56 Å². The molecule has 0 aliphatic heterocycles. The fourth-order valence-corrected chi connectivity index (χ4v) is 2.51. The number of halogens is 1. The van der Waals surface area contributed by atoms with E-state index in [9.17, 15) is 9.18 Å². The Labute approximate surface area is 143 Å². The lowest BCUT2D eigenvalue weighted by molar-refractivity contribution is -0.160. The van der Waals surface area contributed by atoms with Gasteiger partial charge in [-0.15, -0.1) is 0 Å². The molecule has 0 saturated carbocycles. The maximum absolute atomic E-state index is 14.5. The number of hydrogen-bond donors (Lipinski definition) is 0. The van der Waals surface area contributed by atoms with E-state index in [1.807, 2.05) is 51.1 Å². The number of benzene rings is 2. The summed E-state index contributed by atoms with van der Waals surface area (Å²) < 4.78 is 20.1. The van der Waals surface area contributed by atoms with Crippen LogP contribution >= 0.6 is 0 Å². The average molecular weight is 328 g/mol. The SMILES string of the molecule is CCC(C)(CC)OC(=O)C(C)c1ccc(-c2ccccc2)c(F)c1. The molecular weight excluding hydrogens is 303 g/mol. The van der Waals surface area contributed by atoms with Crippen LogP contribution in [0.25, 0.3) is 11.1 Å². The lowest BCUT2D eigenvalue weighted by Gasteiger charge is -2.28. The molecule has 0 aliphatic carbocycles. The number of carbonyl (C=O) groups is 1. The molecule has 0 bridgehead atoms. The maximum atomic E-state index is 14.5. The fraction of sp³-hybridized carbons (Fsp3) is 0.381. The lowest BCUT2D eigenvalue weighted by atomic mass is 9.96. The van der Waals surface area contributed by atoms with Crippen molar-refractivity contribution >= 4 is 5.97 Å². The first-order valence-corrected chi connectivity index (χ1v) is 8.48. The van der Waals surface area contributed by atoms with Crippen LogP contribution < -0.4 is 0 Å². The van der Waals surface area contributed by atoms with Gasteiger partial charge in [-0.25, -0.2) is 4.39 Å². The van der Waals surface area contributed by atoms with Crippen LogP contribution in [-0.2, 0) is 9.53 Å². The monoisotopic (exact) mass is 328 g/mol. The number of esters is 1. The number of hydrogen-bond acceptors (Lipinski definition) is 2. The van der Waals surface area contributed by atoms with Crippen molar-refractivity contribution in [2.45, 2.75) is 52.1 Å². The first kappa shape index (κ1) is 18.2. The van der Waals surface area contributed by atoms with Crippen LogP contribution in [0, 0.1) is 5.82 Å². The molecule has 0 saturated heterocycles. The molecule has 2 aromatic carbocycles. The zero-order valence-electron chi connectivity index (χ0n) is 14.8. The minimum atomic E-state index is -0.498. The van der Waals surface area contributed by atoms with Gasteiger partial charge in [0.25, 0.3) is 0 Å². The zero-order valence-corrected chi connectivity index (χ0v) is 14.8. The highest BCUT2D eigenvalue weighted by Gasteiger charge is 2.28. The van der Waals surface area contributed by atoms with Gasteiger partial charge in [-0.3, -0.25) is 4.79 Å². The minimum Gasteiger partial charge on any atom is -0.459 e. The summed E-state index contributed by atoms with van der Waals surface area (Å²) in [6, 6.07) is 14.3. The highest BCUT2D eigenvalue weighted by atomic mass is 19.1. The lowest BCUT2D eigenvalue weighted by Crippen LogP contribution is -2.32. The Hall–Kier alpha value is -2.16. The Morgan fingerprint density at radius 1 is 1.12 bits per heavy atom. The summed E-state index contributed by atoms with van der Waals surface area (Å²) in [5.41, 5.74) is 1.52. The standard InChI is InChI=1S/C21H25FO2/c1-5-21(4,6-2)24-20(23)15(3)17-12-13-18(19(22)14-17)16-10-8-7-9-11-16/h7-15H,5-6H2,1-4H3. The van der Waals surface area contributed by atoms with Crippen molar-refractivity contribution in [3.8, 4) is 11.1 Å². The van der Waals surface area contributed by atoms with E-state index < -0.39 is 11.5 Å². The van der Waals surface area contributed by atoms with Crippen molar-refractivity contribution in [2.75, 3.05) is 0 Å². The molecule has 24 heavy (non-hydrogen) atoms. The summed E-state index contributed by atoms with van der Waals surface area (Å²) in [4.78, 5) is 12.4. The van der Waals surface area contributed by atoms with E-state index in [2.05, 4.69) is 0 Å². The van der Waals surface area contributed by atoms with Crippen LogP contribution in [0.2, 0.25) is 0 Å². The normalized spacial score (nSPS) is 12.7. The summed E-state index contributed by atoms with van der Waals surface area (Å²) in [5, 5.41) is 0. The third-order valence-corrected chi connectivity index (χ3v) is 4.77. The molecule has 2 nitrogen and oxygen atoms in total. The van der Waals surface area contributed by atoms with Crippen LogP contribution in [-0.4, -0.2) is 11.6 Å². The summed E-state index contributed by atoms with van der Waals surface area (Å²) in [7, 11) is 0. The van der Waals surface area contributed by atoms with E-state index in [4.69, 9.17) is 4.74 Å². The summed E-state index contributed by atoms with van der Waals surface area (Å²) in [6.07, 6.45) is 1.51. The highest BCUT2D eigenvalue weighted by molar-refractivity contribution is 5.78. The summed E-state index contributed by atoms with van der Waals surface area (Å²) >= 11 is 0. The molecule has 0 fully saturated rings. The van der Waals surface area contributed by atoms with Crippen LogP contribution in [0.5, 0.6) is 0 Å². The molecule has 0 N–H and O–H groups in total. The van der Waals surface area contributed by atoms with E-state index in [-0.39, 0.29) is 11.8 Å². The van der Waals surface area contributed by atoms with E-state index in [0.29, 0.717) is 11.1 Å². The molecule has 0 spiro atoms. The van der Waals surface area contributed by atoms with Crippen molar-refractivity contribution in [1.82, 2.24) is 0 Å². The van der Waals surface area contributed by atoms with Gasteiger partial charge < -0.3 is 4.74 Å². The largest absolute Gasteiger partial charge is 0.459 e. The Balaban J connectivity index is 2.21. The van der Waals surface area contributed by atoms with E-state index in [0.717, 1.165) is 18.4 Å². The molecule has 0 radical (unpaired) electrons. The quantitative estimate of drug-likeness (QED) is 0.634. The van der Waals surface area contributed by atoms with Crippen LogP contribution in [0.4, 0.5) is 4.39 Å². The second-order valence-electron chi connectivity index (χ2n) is 6.41. The topological polar surface area (TPSA) is 26.3 Å². The Morgan fingerprint density at radius 3 is 2.29 bits per heavy atom. The van der Waals surface area contributed by atoms with Gasteiger partial charge in [-0.05, 0) is 43.9 Å². The van der Waals surface area contributed by atoms with Gasteiger partial charge in [-0.2, -0.15) is 0 Å². The highest BCUT2D eigenvalue weighted by Crippen LogP contribution is 2.28. The third-order valence-electron chi connectivity index (χ3n) is 4.77. The predicted molar refractivity (Wildman–Crippen MR) is 95.3 cm³/mol. The van der Waals surface area contributed by atoms with Gasteiger partial charge in [-0.1, -0.05) is 56.3 Å². The van der Waals surface area contributed by atoms with E-state index in [1.165, 1.54) is 6.07 Å². The molecule has 1 unspecified atom stereocenters. The summed E-state index contributed by atoms with van der Waals surface area (Å²) in [6.45, 7) is 7.67. The van der Waals surface area contributed by atoms with Crippen LogP contribution in [0.1, 0.15) is 52.0 Å². The molecule has 1 atom stereocenters. The predicted octanol–water partition coefficient (Wildman–Crippen LogP) is 5.72. The minimum absolute atomic E-state index is 0.312. The van der Waals surface area contributed by atoms with Gasteiger partial charge in [0.2, 0.25) is 0 Å². The molecule has 2 aromatic rings.